The van der Waals surface area contributed by atoms with Crippen molar-refractivity contribution in [3.63, 3.8) is 0 Å². The fraction of sp³-hybridized carbons (Fsp3) is 0. The summed E-state index contributed by atoms with van der Waals surface area (Å²) in [4.78, 5) is 12.1. The Morgan fingerprint density at radius 3 is 1.71 bits per heavy atom. The normalized spacial score (nSPS) is 4.71. The Morgan fingerprint density at radius 2 is 1.71 bits per heavy atom. The molecule has 0 aromatic heterocycles. The van der Waals surface area contributed by atoms with Gasteiger partial charge < -0.3 is 17.5 Å². The van der Waals surface area contributed by atoms with Gasteiger partial charge in [-0.2, -0.15) is 0 Å². The van der Waals surface area contributed by atoms with E-state index in [9.17, 15) is 0 Å². The van der Waals surface area contributed by atoms with Crippen LogP contribution in [0.2, 0.25) is 0 Å². The number of rotatable bonds is 0. The number of carbonyl (C=O) groups excluding carboxylic acids is 1. The fourth-order valence-corrected chi connectivity index (χ4v) is 0. The first-order chi connectivity index (χ1) is 2.27. The van der Waals surface area contributed by atoms with Gasteiger partial charge in [-0.1, -0.05) is 0 Å². The summed E-state index contributed by atoms with van der Waals surface area (Å²) in [5.74, 6) is 0. The van der Waals surface area contributed by atoms with Gasteiger partial charge in [0.1, 0.15) is 0 Å². The van der Waals surface area contributed by atoms with E-state index in [2.05, 4.69) is 17.5 Å². The molecule has 1 N–H and O–H groups in total. The van der Waals surface area contributed by atoms with Gasteiger partial charge in [0.15, 0.2) is 0 Å². The second kappa shape index (κ2) is 12.4. The second-order valence-electron chi connectivity index (χ2n) is 0.341. The minimum absolute atomic E-state index is 0. The van der Waals surface area contributed by atoms with E-state index in [0.717, 1.165) is 0 Å². The molecule has 0 aliphatic carbocycles. The molecule has 0 aliphatic rings. The molecule has 0 radical (unpaired) electrons. The summed E-state index contributed by atoms with van der Waals surface area (Å²) in [5.41, 5.74) is 0. The average molecular weight is 359 g/mol. The molecule has 3 nitrogen and oxygen atoms in total. The zero-order valence-electron chi connectivity index (χ0n) is 4.17. The summed E-state index contributed by atoms with van der Waals surface area (Å²) in [7, 11) is 0. The van der Waals surface area contributed by atoms with E-state index in [-0.39, 0.29) is 138 Å². The van der Waals surface area contributed by atoms with Crippen molar-refractivity contribution in [2.75, 3.05) is 0 Å². The third-order valence-corrected chi connectivity index (χ3v) is 0.149. The van der Waals surface area contributed by atoms with Gasteiger partial charge in [0.25, 0.3) is 0 Å². The van der Waals surface area contributed by atoms with E-state index >= 15 is 0 Å². The van der Waals surface area contributed by atoms with Crippen LogP contribution in [0, 0.1) is 0 Å². The van der Waals surface area contributed by atoms with Crippen LogP contribution in [-0.4, -0.2) is 10.6 Å². The monoisotopic (exact) mass is 359 g/mol. The van der Waals surface area contributed by atoms with E-state index in [1.54, 1.807) is 0 Å². The fourth-order valence-electron chi connectivity index (χ4n) is 0. The third kappa shape index (κ3) is 17.7. The Labute approximate surface area is 165 Å². The Balaban J connectivity index is -0.0000000800. The Morgan fingerprint density at radius 1 is 1.57 bits per heavy atom. The number of hydrogen-bond acceptors (Lipinski definition) is 4. The van der Waals surface area contributed by atoms with Crippen LogP contribution in [0.15, 0.2) is 0 Å². The van der Waals surface area contributed by atoms with Crippen molar-refractivity contribution < 1.29 is 153 Å². The van der Waals surface area contributed by atoms with Gasteiger partial charge in [-0.15, -0.1) is 0 Å². The van der Waals surface area contributed by atoms with Crippen molar-refractivity contribution in [2.24, 2.45) is 0 Å². The van der Waals surface area contributed by atoms with Crippen molar-refractivity contribution in [1.29, 1.82) is 0 Å². The van der Waals surface area contributed by atoms with Gasteiger partial charge in [-0.3, -0.25) is 4.79 Å². The van der Waals surface area contributed by atoms with Crippen LogP contribution in [0.4, 0.5) is 4.79 Å². The van der Waals surface area contributed by atoms with Crippen LogP contribution in [0.1, 0.15) is 0 Å². The predicted octanol–water partition coefficient (Wildman–Crippen LogP) is -5.85. The van der Waals surface area contributed by atoms with Gasteiger partial charge in [-0.05, 0) is 0 Å². The predicted molar refractivity (Wildman–Crippen MR) is 16.5 cm³/mol. The van der Waals surface area contributed by atoms with Crippen molar-refractivity contribution in [3.05, 3.63) is 0 Å². The molecule has 0 spiro atoms. The Bertz CT molecular complexity index is 48.2. The molecule has 0 amide bonds. The molecule has 0 atom stereocenters. The first-order valence-corrected chi connectivity index (χ1v) is 1.20. The van der Waals surface area contributed by atoms with Gasteiger partial charge in [0, 0.05) is 0 Å². The van der Waals surface area contributed by atoms with E-state index in [1.807, 2.05) is 0 Å². The number of hydrogen-bond donors (Lipinski definition) is 1. The zero-order valence-corrected chi connectivity index (χ0v) is 17.5. The zero-order chi connectivity index (χ0) is 4.28. The number of carbonyl (C=O) groups is 1. The molecule has 0 saturated carbocycles. The molecule has 0 fully saturated rings. The largest absolute Gasteiger partial charge is 1.00 e. The van der Waals surface area contributed by atoms with Crippen LogP contribution in [0.25, 0.3) is 0 Å². The second-order valence-corrected chi connectivity index (χ2v) is 0.675. The van der Waals surface area contributed by atoms with E-state index in [0.29, 0.717) is 0 Å². The summed E-state index contributed by atoms with van der Waals surface area (Å²) in [6.07, 6.45) is 0. The van der Waals surface area contributed by atoms with Crippen molar-refractivity contribution in [2.45, 2.75) is 0 Å². The molecule has 0 bridgehead atoms. The first-order valence-electron chi connectivity index (χ1n) is 0.795. The molecular formula is CHCs2O3S+. The SMILES string of the molecule is O=C([S-])OO.[Cs+].[Cs+]. The van der Waals surface area contributed by atoms with Gasteiger partial charge >= 0.3 is 138 Å². The van der Waals surface area contributed by atoms with Crippen LogP contribution in [-0.2, 0) is 17.5 Å². The Hall–Kier alpha value is 3.75. The van der Waals surface area contributed by atoms with Crippen LogP contribution in [0.3, 0.4) is 0 Å². The molecule has 6 heteroatoms. The van der Waals surface area contributed by atoms with Crippen LogP contribution in [0.5, 0.6) is 0 Å². The molecule has 30 valence electrons. The van der Waals surface area contributed by atoms with E-state index < -0.39 is 5.30 Å². The molecule has 0 aliphatic heterocycles. The Kier molecular flexibility index (Phi) is 30.2. The van der Waals surface area contributed by atoms with E-state index in [1.165, 1.54) is 0 Å². The summed E-state index contributed by atoms with van der Waals surface area (Å²) >= 11 is 3.67. The smallest absolute Gasteiger partial charge is 0.694 e. The van der Waals surface area contributed by atoms with Crippen molar-refractivity contribution in [1.82, 2.24) is 0 Å². The standard InChI is InChI=1S/CH2O3S.2Cs/c2-1(5)4-3;;/h3H,(H,2,5);;/q;2*+1/p-1. The molecule has 0 aromatic rings. The maximum atomic E-state index is 9.16. The third-order valence-electron chi connectivity index (χ3n) is 0.0745. The van der Waals surface area contributed by atoms with Crippen LogP contribution >= 0.6 is 0 Å². The molecular weight excluding hydrogens is 358 g/mol. The van der Waals surface area contributed by atoms with E-state index in [4.69, 9.17) is 10.1 Å². The minimum atomic E-state index is -1.11. The molecule has 0 heterocycles. The molecule has 0 rings (SSSR count). The van der Waals surface area contributed by atoms with Crippen LogP contribution < -0.4 is 138 Å². The topological polar surface area (TPSA) is 46.5 Å². The molecule has 0 aromatic carbocycles. The maximum Gasteiger partial charge on any atom is 1.00 e. The minimum Gasteiger partial charge on any atom is -0.694 e. The summed E-state index contributed by atoms with van der Waals surface area (Å²) in [6, 6.07) is 0. The maximum absolute atomic E-state index is 9.16. The van der Waals surface area contributed by atoms with Gasteiger partial charge in [-0.25, -0.2) is 5.26 Å². The molecule has 7 heavy (non-hydrogen) atoms. The first kappa shape index (κ1) is 17.0. The summed E-state index contributed by atoms with van der Waals surface area (Å²) in [5, 5.41) is 6.08. The quantitative estimate of drug-likeness (QED) is 0.266. The average Bonchev–Trinajstić information content (AvgIpc) is 1.38. The van der Waals surface area contributed by atoms with Gasteiger partial charge in [0.05, 0.1) is 0 Å². The van der Waals surface area contributed by atoms with Crippen molar-refractivity contribution >= 4 is 17.9 Å². The molecule has 0 saturated heterocycles. The van der Waals surface area contributed by atoms with Gasteiger partial charge in [0.2, 0.25) is 5.30 Å². The summed E-state index contributed by atoms with van der Waals surface area (Å²) in [6.45, 7) is 0. The van der Waals surface area contributed by atoms with Crippen molar-refractivity contribution in [3.8, 4) is 0 Å². The molecule has 0 unspecified atom stereocenters. The summed E-state index contributed by atoms with van der Waals surface area (Å²) < 4.78 is 0.